The van der Waals surface area contributed by atoms with Gasteiger partial charge < -0.3 is 10.6 Å². The van der Waals surface area contributed by atoms with Gasteiger partial charge in [0.25, 0.3) is 0 Å². The Balaban J connectivity index is 1.91. The minimum atomic E-state index is 0.318. The number of hydrogen-bond donors (Lipinski definition) is 1. The van der Waals surface area contributed by atoms with Crippen LogP contribution in [0.5, 0.6) is 0 Å². The summed E-state index contributed by atoms with van der Waals surface area (Å²) in [5.74, 6) is 0.754. The summed E-state index contributed by atoms with van der Waals surface area (Å²) in [6, 6.07) is 15.4. The Morgan fingerprint density at radius 3 is 2.63 bits per heavy atom. The predicted molar refractivity (Wildman–Crippen MR) is 82.5 cm³/mol. The van der Waals surface area contributed by atoms with Gasteiger partial charge in [-0.15, -0.1) is 0 Å². The molecule has 0 aliphatic heterocycles. The Bertz CT molecular complexity index is 555. The summed E-state index contributed by atoms with van der Waals surface area (Å²) in [5, 5.41) is 2.63. The summed E-state index contributed by atoms with van der Waals surface area (Å²) in [4.78, 5) is 2.42. The van der Waals surface area contributed by atoms with E-state index in [-0.39, 0.29) is 0 Å². The minimum absolute atomic E-state index is 0.318. The van der Waals surface area contributed by atoms with E-state index in [1.54, 1.807) is 0 Å². The van der Waals surface area contributed by atoms with Crippen molar-refractivity contribution in [2.45, 2.75) is 25.8 Å². The lowest BCUT2D eigenvalue weighted by atomic mass is 10.1. The maximum absolute atomic E-state index is 6.30. The van der Waals surface area contributed by atoms with Crippen LogP contribution < -0.4 is 10.6 Å². The van der Waals surface area contributed by atoms with Gasteiger partial charge in [0.1, 0.15) is 0 Å². The Labute approximate surface area is 115 Å². The second kappa shape index (κ2) is 5.22. The lowest BCUT2D eigenvalue weighted by Gasteiger charge is -2.27. The van der Waals surface area contributed by atoms with Gasteiger partial charge in [0.15, 0.2) is 0 Å². The lowest BCUT2D eigenvalue weighted by Crippen LogP contribution is -2.39. The minimum Gasteiger partial charge on any atom is -0.370 e. The van der Waals surface area contributed by atoms with Crippen molar-refractivity contribution in [1.82, 2.24) is 0 Å². The van der Waals surface area contributed by atoms with Gasteiger partial charge >= 0.3 is 0 Å². The molecule has 1 fully saturated rings. The molecule has 1 aliphatic rings. The lowest BCUT2D eigenvalue weighted by molar-refractivity contribution is 0.578. The number of anilines is 1. The van der Waals surface area contributed by atoms with E-state index in [4.69, 9.17) is 5.73 Å². The third-order valence-electron chi connectivity index (χ3n) is 4.15. The van der Waals surface area contributed by atoms with Crippen molar-refractivity contribution in [2.24, 2.45) is 11.7 Å². The second-order valence-corrected chi connectivity index (χ2v) is 5.54. The predicted octanol–water partition coefficient (Wildman–Crippen LogP) is 3.40. The van der Waals surface area contributed by atoms with Crippen LogP contribution in [0.3, 0.4) is 0 Å². The van der Waals surface area contributed by atoms with Crippen molar-refractivity contribution in [3.8, 4) is 0 Å². The van der Waals surface area contributed by atoms with Crippen LogP contribution in [0.4, 0.5) is 5.69 Å². The van der Waals surface area contributed by atoms with Crippen LogP contribution >= 0.6 is 0 Å². The molecule has 0 bridgehead atoms. The van der Waals surface area contributed by atoms with Crippen LogP contribution in [0.25, 0.3) is 10.8 Å². The summed E-state index contributed by atoms with van der Waals surface area (Å²) >= 11 is 0. The first-order valence-electron chi connectivity index (χ1n) is 7.28. The van der Waals surface area contributed by atoms with Crippen LogP contribution in [0.1, 0.15) is 19.8 Å². The normalized spacial score (nSPS) is 16.5. The Morgan fingerprint density at radius 1 is 1.16 bits per heavy atom. The molecule has 0 saturated heterocycles. The van der Waals surface area contributed by atoms with E-state index in [0.717, 1.165) is 19.0 Å². The number of nitrogens with zero attached hydrogens (tertiary/aromatic N) is 1. The molecule has 3 rings (SSSR count). The van der Waals surface area contributed by atoms with Crippen molar-refractivity contribution in [3.63, 3.8) is 0 Å². The molecule has 0 heterocycles. The molecule has 0 amide bonds. The van der Waals surface area contributed by atoms with Crippen LogP contribution in [0.15, 0.2) is 42.5 Å². The first-order valence-corrected chi connectivity index (χ1v) is 7.28. The summed E-state index contributed by atoms with van der Waals surface area (Å²) in [6.45, 7) is 4.19. The smallest absolute Gasteiger partial charge is 0.0446 e. The molecule has 19 heavy (non-hydrogen) atoms. The Morgan fingerprint density at radius 2 is 1.89 bits per heavy atom. The first kappa shape index (κ1) is 12.5. The zero-order valence-electron chi connectivity index (χ0n) is 11.5. The molecule has 0 aromatic heterocycles. The third-order valence-corrected chi connectivity index (χ3v) is 4.15. The molecule has 1 saturated carbocycles. The zero-order valence-corrected chi connectivity index (χ0v) is 11.5. The molecule has 2 N–H and O–H groups in total. The molecule has 2 heteroatoms. The van der Waals surface area contributed by atoms with Crippen LogP contribution in [-0.2, 0) is 0 Å². The molecular formula is C17H22N2. The molecule has 2 aromatic carbocycles. The Kier molecular flexibility index (Phi) is 3.43. The highest BCUT2D eigenvalue weighted by Gasteiger charge is 2.29. The SMILES string of the molecule is CCN(CC(N)C1CC1)c1cccc2ccccc12. The van der Waals surface area contributed by atoms with Crippen molar-refractivity contribution in [1.29, 1.82) is 0 Å². The summed E-state index contributed by atoms with van der Waals surface area (Å²) < 4.78 is 0. The van der Waals surface area contributed by atoms with E-state index in [1.807, 2.05) is 0 Å². The van der Waals surface area contributed by atoms with Crippen LogP contribution in [0, 0.1) is 5.92 Å². The number of hydrogen-bond acceptors (Lipinski definition) is 2. The molecule has 2 nitrogen and oxygen atoms in total. The van der Waals surface area contributed by atoms with E-state index < -0.39 is 0 Å². The maximum atomic E-state index is 6.30. The van der Waals surface area contributed by atoms with Gasteiger partial charge in [-0.1, -0.05) is 36.4 Å². The van der Waals surface area contributed by atoms with Crippen molar-refractivity contribution < 1.29 is 0 Å². The summed E-state index contributed by atoms with van der Waals surface area (Å²) in [6.07, 6.45) is 2.63. The summed E-state index contributed by atoms with van der Waals surface area (Å²) in [7, 11) is 0. The van der Waals surface area contributed by atoms with Crippen LogP contribution in [0.2, 0.25) is 0 Å². The Hall–Kier alpha value is -1.54. The molecule has 0 radical (unpaired) electrons. The van der Waals surface area contributed by atoms with E-state index in [2.05, 4.69) is 54.3 Å². The van der Waals surface area contributed by atoms with Gasteiger partial charge in [-0.2, -0.15) is 0 Å². The van der Waals surface area contributed by atoms with Crippen LogP contribution in [-0.4, -0.2) is 19.1 Å². The average Bonchev–Trinajstić information content (AvgIpc) is 3.28. The van der Waals surface area contributed by atoms with E-state index >= 15 is 0 Å². The van der Waals surface area contributed by atoms with Gasteiger partial charge in [0, 0.05) is 30.2 Å². The maximum Gasteiger partial charge on any atom is 0.0446 e. The molecule has 100 valence electrons. The fraction of sp³-hybridized carbons (Fsp3) is 0.412. The first-order chi connectivity index (χ1) is 9.29. The quantitative estimate of drug-likeness (QED) is 0.886. The van der Waals surface area contributed by atoms with Gasteiger partial charge in [-0.05, 0) is 37.1 Å². The molecule has 1 atom stereocenters. The van der Waals surface area contributed by atoms with Crippen molar-refractivity contribution >= 4 is 16.5 Å². The average molecular weight is 254 g/mol. The number of likely N-dealkylation sites (N-methyl/N-ethyl adjacent to an activating group) is 1. The largest absolute Gasteiger partial charge is 0.370 e. The standard InChI is InChI=1S/C17H22N2/c1-2-19(12-16(18)14-10-11-14)17-9-5-7-13-6-3-4-8-15(13)17/h3-9,14,16H,2,10-12,18H2,1H3. The molecule has 2 aromatic rings. The van der Waals surface area contributed by atoms with E-state index in [9.17, 15) is 0 Å². The zero-order chi connectivity index (χ0) is 13.2. The van der Waals surface area contributed by atoms with Gasteiger partial charge in [-0.3, -0.25) is 0 Å². The number of nitrogens with two attached hydrogens (primary N) is 1. The van der Waals surface area contributed by atoms with Crippen molar-refractivity contribution in [2.75, 3.05) is 18.0 Å². The number of fused-ring (bicyclic) bond motifs is 1. The molecular weight excluding hydrogens is 232 g/mol. The highest BCUT2D eigenvalue weighted by atomic mass is 15.1. The van der Waals surface area contributed by atoms with Crippen molar-refractivity contribution in [3.05, 3.63) is 42.5 Å². The monoisotopic (exact) mass is 254 g/mol. The fourth-order valence-electron chi connectivity index (χ4n) is 2.81. The third kappa shape index (κ3) is 2.59. The number of benzene rings is 2. The van der Waals surface area contributed by atoms with Gasteiger partial charge in [-0.25, -0.2) is 0 Å². The summed E-state index contributed by atoms with van der Waals surface area (Å²) in [5.41, 5.74) is 7.61. The van der Waals surface area contributed by atoms with Gasteiger partial charge in [0.05, 0.1) is 0 Å². The highest BCUT2D eigenvalue weighted by Crippen LogP contribution is 2.33. The topological polar surface area (TPSA) is 29.3 Å². The van der Waals surface area contributed by atoms with E-state index in [0.29, 0.717) is 6.04 Å². The number of rotatable bonds is 5. The molecule has 0 spiro atoms. The molecule has 1 aliphatic carbocycles. The highest BCUT2D eigenvalue weighted by molar-refractivity contribution is 5.94. The van der Waals surface area contributed by atoms with E-state index in [1.165, 1.54) is 29.3 Å². The fourth-order valence-corrected chi connectivity index (χ4v) is 2.81. The van der Waals surface area contributed by atoms with Gasteiger partial charge in [0.2, 0.25) is 0 Å². The molecule has 1 unspecified atom stereocenters. The second-order valence-electron chi connectivity index (χ2n) is 5.54.